The van der Waals surface area contributed by atoms with Crippen LogP contribution < -0.4 is 0 Å². The number of nitrogens with zero attached hydrogens (tertiary/aromatic N) is 3. The van der Waals surface area contributed by atoms with Crippen molar-refractivity contribution in [1.82, 2.24) is 20.1 Å². The van der Waals surface area contributed by atoms with Crippen LogP contribution in [-0.4, -0.2) is 33.0 Å². The van der Waals surface area contributed by atoms with Crippen LogP contribution in [0.3, 0.4) is 0 Å². The third-order valence-corrected chi connectivity index (χ3v) is 3.65. The fraction of sp³-hybridized carbons (Fsp3) is 0.235. The third-order valence-electron chi connectivity index (χ3n) is 3.65. The van der Waals surface area contributed by atoms with Crippen molar-refractivity contribution in [2.24, 2.45) is 0 Å². The van der Waals surface area contributed by atoms with Crippen LogP contribution in [-0.2, 0) is 17.8 Å². The summed E-state index contributed by atoms with van der Waals surface area (Å²) in [6.45, 7) is 2.42. The number of likely N-dealkylation sites (N-methyl/N-ethyl adjacent to an activating group) is 1. The van der Waals surface area contributed by atoms with E-state index in [1.807, 2.05) is 37.3 Å². The molecule has 0 fully saturated rings. The van der Waals surface area contributed by atoms with Gasteiger partial charge >= 0.3 is 0 Å². The predicted octanol–water partition coefficient (Wildman–Crippen LogP) is 2.79. The molecule has 2 heterocycles. The van der Waals surface area contributed by atoms with Gasteiger partial charge in [0.05, 0.1) is 6.54 Å². The molecule has 118 valence electrons. The Hall–Kier alpha value is -2.89. The lowest BCUT2D eigenvalue weighted by Gasteiger charge is -2.12. The fourth-order valence-corrected chi connectivity index (χ4v) is 2.45. The van der Waals surface area contributed by atoms with Gasteiger partial charge in [-0.15, -0.1) is 0 Å². The number of hydrogen-bond acceptors (Lipinski definition) is 4. The maximum Gasteiger partial charge on any atom is 0.246 e. The number of para-hydroxylation sites is 1. The summed E-state index contributed by atoms with van der Waals surface area (Å²) in [6, 6.07) is 7.84. The van der Waals surface area contributed by atoms with Gasteiger partial charge in [0, 0.05) is 30.5 Å². The van der Waals surface area contributed by atoms with Crippen molar-refractivity contribution in [3.8, 4) is 0 Å². The second kappa shape index (κ2) is 6.48. The van der Waals surface area contributed by atoms with Gasteiger partial charge in [-0.2, -0.15) is 5.10 Å². The molecule has 0 aliphatic rings. The van der Waals surface area contributed by atoms with E-state index in [1.165, 1.54) is 6.33 Å². The summed E-state index contributed by atoms with van der Waals surface area (Å²) in [5, 5.41) is 7.53. The average molecular weight is 310 g/mol. The van der Waals surface area contributed by atoms with Gasteiger partial charge in [-0.3, -0.25) is 9.89 Å². The first kappa shape index (κ1) is 15.0. The predicted molar refractivity (Wildman–Crippen MR) is 87.5 cm³/mol. The maximum absolute atomic E-state index is 12.2. The number of carbonyl (C=O) groups excluding carboxylic acids is 1. The quantitative estimate of drug-likeness (QED) is 0.735. The van der Waals surface area contributed by atoms with E-state index in [1.54, 1.807) is 18.0 Å². The van der Waals surface area contributed by atoms with Gasteiger partial charge in [-0.1, -0.05) is 25.1 Å². The summed E-state index contributed by atoms with van der Waals surface area (Å²) in [6.07, 6.45) is 5.59. The van der Waals surface area contributed by atoms with E-state index < -0.39 is 0 Å². The van der Waals surface area contributed by atoms with E-state index in [9.17, 15) is 4.79 Å². The van der Waals surface area contributed by atoms with Crippen LogP contribution in [0.4, 0.5) is 0 Å². The Bertz CT molecular complexity index is 834. The van der Waals surface area contributed by atoms with Crippen molar-refractivity contribution in [3.63, 3.8) is 0 Å². The minimum absolute atomic E-state index is 0.103. The van der Waals surface area contributed by atoms with Crippen LogP contribution in [0.2, 0.25) is 0 Å². The number of hydrogen-bond donors (Lipinski definition) is 1. The average Bonchev–Trinajstić information content (AvgIpc) is 3.19. The molecule has 0 saturated heterocycles. The van der Waals surface area contributed by atoms with Crippen LogP contribution in [0, 0.1) is 0 Å². The molecule has 1 N–H and O–H groups in total. The number of H-pyrrole nitrogens is 1. The molecule has 3 aromatic rings. The lowest BCUT2D eigenvalue weighted by atomic mass is 10.1. The highest BCUT2D eigenvalue weighted by Crippen LogP contribution is 2.27. The number of rotatable bonds is 5. The summed E-state index contributed by atoms with van der Waals surface area (Å²) in [5.74, 6) is 1.43. The normalized spacial score (nSPS) is 11.4. The highest BCUT2D eigenvalue weighted by atomic mass is 16.3. The molecule has 1 aromatic carbocycles. The lowest BCUT2D eigenvalue weighted by Crippen LogP contribution is -2.24. The Morgan fingerprint density at radius 3 is 2.96 bits per heavy atom. The molecular formula is C17H18N4O2. The number of aryl methyl sites for hydroxylation is 1. The standard InChI is InChI=1S/C17H18N4O2/c1-3-14-13(12-6-4-5-7-15(12)23-14)8-9-17(22)21(2)10-16-18-11-19-20-16/h4-9,11H,3,10H2,1-2H3,(H,18,19,20)/b9-8+. The molecule has 0 atom stereocenters. The highest BCUT2D eigenvalue weighted by Gasteiger charge is 2.12. The van der Waals surface area contributed by atoms with Gasteiger partial charge in [0.25, 0.3) is 0 Å². The summed E-state index contributed by atoms with van der Waals surface area (Å²) in [7, 11) is 1.73. The van der Waals surface area contributed by atoms with E-state index in [-0.39, 0.29) is 5.91 Å². The second-order valence-corrected chi connectivity index (χ2v) is 5.25. The second-order valence-electron chi connectivity index (χ2n) is 5.25. The Morgan fingerprint density at radius 2 is 2.22 bits per heavy atom. The molecule has 0 spiro atoms. The highest BCUT2D eigenvalue weighted by molar-refractivity contribution is 5.96. The Labute approximate surface area is 133 Å². The zero-order chi connectivity index (χ0) is 16.2. The number of aromatic nitrogens is 3. The minimum atomic E-state index is -0.103. The number of aromatic amines is 1. The zero-order valence-corrected chi connectivity index (χ0v) is 13.1. The van der Waals surface area contributed by atoms with Gasteiger partial charge in [-0.25, -0.2) is 4.98 Å². The Morgan fingerprint density at radius 1 is 1.39 bits per heavy atom. The topological polar surface area (TPSA) is 75.0 Å². The van der Waals surface area contributed by atoms with Crippen LogP contribution in [0.1, 0.15) is 24.1 Å². The zero-order valence-electron chi connectivity index (χ0n) is 13.1. The van der Waals surface area contributed by atoms with Crippen molar-refractivity contribution < 1.29 is 9.21 Å². The molecule has 3 rings (SSSR count). The first-order valence-corrected chi connectivity index (χ1v) is 7.47. The molecule has 2 aromatic heterocycles. The summed E-state index contributed by atoms with van der Waals surface area (Å²) < 4.78 is 5.83. The van der Waals surface area contributed by atoms with E-state index in [4.69, 9.17) is 4.42 Å². The number of amides is 1. The van der Waals surface area contributed by atoms with E-state index in [0.29, 0.717) is 12.4 Å². The molecule has 23 heavy (non-hydrogen) atoms. The third kappa shape index (κ3) is 3.15. The Balaban J connectivity index is 1.80. The van der Waals surface area contributed by atoms with Gasteiger partial charge in [0.1, 0.15) is 23.5 Å². The van der Waals surface area contributed by atoms with Crippen LogP contribution >= 0.6 is 0 Å². The monoisotopic (exact) mass is 310 g/mol. The van der Waals surface area contributed by atoms with Crippen molar-refractivity contribution in [3.05, 3.63) is 53.8 Å². The van der Waals surface area contributed by atoms with E-state index >= 15 is 0 Å². The van der Waals surface area contributed by atoms with Gasteiger partial charge in [-0.05, 0) is 12.1 Å². The van der Waals surface area contributed by atoms with Gasteiger partial charge in [0.2, 0.25) is 5.91 Å². The van der Waals surface area contributed by atoms with Gasteiger partial charge in [0.15, 0.2) is 0 Å². The summed E-state index contributed by atoms with van der Waals surface area (Å²) >= 11 is 0. The van der Waals surface area contributed by atoms with Crippen molar-refractivity contribution in [1.29, 1.82) is 0 Å². The number of fused-ring (bicyclic) bond motifs is 1. The molecule has 6 nitrogen and oxygen atoms in total. The molecule has 0 radical (unpaired) electrons. The number of furan rings is 1. The van der Waals surface area contributed by atoms with E-state index in [0.717, 1.165) is 28.7 Å². The molecule has 0 aliphatic heterocycles. The molecule has 0 aliphatic carbocycles. The number of nitrogens with one attached hydrogen (secondary N) is 1. The Kier molecular flexibility index (Phi) is 4.23. The van der Waals surface area contributed by atoms with Gasteiger partial charge < -0.3 is 9.32 Å². The molecule has 0 saturated carbocycles. The molecule has 1 amide bonds. The van der Waals surface area contributed by atoms with Crippen LogP contribution in [0.15, 0.2) is 41.1 Å². The van der Waals surface area contributed by atoms with Crippen LogP contribution in [0.25, 0.3) is 17.0 Å². The molecule has 0 unspecified atom stereocenters. The lowest BCUT2D eigenvalue weighted by molar-refractivity contribution is -0.125. The minimum Gasteiger partial charge on any atom is -0.460 e. The number of carbonyl (C=O) groups is 1. The van der Waals surface area contributed by atoms with Crippen LogP contribution in [0.5, 0.6) is 0 Å². The first-order chi connectivity index (χ1) is 11.2. The van der Waals surface area contributed by atoms with E-state index in [2.05, 4.69) is 15.2 Å². The maximum atomic E-state index is 12.2. The summed E-state index contributed by atoms with van der Waals surface area (Å²) in [4.78, 5) is 17.8. The summed E-state index contributed by atoms with van der Waals surface area (Å²) in [5.41, 5.74) is 1.80. The SMILES string of the molecule is CCc1oc2ccccc2c1/C=C/C(=O)N(C)Cc1ncn[nH]1. The van der Waals surface area contributed by atoms with Crippen molar-refractivity contribution >= 4 is 23.0 Å². The molecule has 6 heteroatoms. The number of benzene rings is 1. The van der Waals surface area contributed by atoms with Crippen molar-refractivity contribution in [2.45, 2.75) is 19.9 Å². The first-order valence-electron chi connectivity index (χ1n) is 7.47. The fourth-order valence-electron chi connectivity index (χ4n) is 2.45. The smallest absolute Gasteiger partial charge is 0.246 e. The van der Waals surface area contributed by atoms with Crippen molar-refractivity contribution in [2.75, 3.05) is 7.05 Å². The molecular weight excluding hydrogens is 292 g/mol. The molecule has 0 bridgehead atoms. The largest absolute Gasteiger partial charge is 0.460 e.